The summed E-state index contributed by atoms with van der Waals surface area (Å²) in [5.41, 5.74) is 7.64. The summed E-state index contributed by atoms with van der Waals surface area (Å²) >= 11 is 0. The maximum atomic E-state index is 7.49. The first kappa shape index (κ1) is 13.1. The van der Waals surface area contributed by atoms with Crippen molar-refractivity contribution in [2.24, 2.45) is 5.73 Å². The van der Waals surface area contributed by atoms with E-state index in [1.165, 1.54) is 37.8 Å². The van der Waals surface area contributed by atoms with Crippen molar-refractivity contribution in [1.29, 1.82) is 5.41 Å². The lowest BCUT2D eigenvalue weighted by Gasteiger charge is -2.35. The second kappa shape index (κ2) is 6.01. The molecule has 1 unspecified atom stereocenters. The van der Waals surface area contributed by atoms with Gasteiger partial charge in [0, 0.05) is 18.2 Å². The number of nitrogens with one attached hydrogen (secondary N) is 1. The number of benzene rings is 1. The number of likely N-dealkylation sites (tertiary alicyclic amines) is 1. The molecule has 0 amide bonds. The molecule has 0 aromatic heterocycles. The van der Waals surface area contributed by atoms with E-state index in [4.69, 9.17) is 11.1 Å². The smallest absolute Gasteiger partial charge is 0.122 e. The second-order valence-electron chi connectivity index (χ2n) is 5.14. The van der Waals surface area contributed by atoms with E-state index in [1.807, 2.05) is 18.2 Å². The number of hydrogen-bond acceptors (Lipinski definition) is 2. The minimum absolute atomic E-state index is 0.155. The Bertz CT molecular complexity index is 414. The average molecular weight is 245 g/mol. The van der Waals surface area contributed by atoms with Crippen LogP contribution in [0.4, 0.5) is 0 Å². The number of nitrogens with zero attached hydrogens (tertiary/aromatic N) is 1. The first-order valence-electron chi connectivity index (χ1n) is 6.88. The molecular weight excluding hydrogens is 222 g/mol. The molecule has 1 aliphatic rings. The lowest BCUT2D eigenvalue weighted by molar-refractivity contribution is 0.136. The zero-order chi connectivity index (χ0) is 13.0. The molecule has 0 saturated carbocycles. The van der Waals surface area contributed by atoms with E-state index in [1.54, 1.807) is 0 Å². The van der Waals surface area contributed by atoms with Crippen LogP contribution in [-0.4, -0.2) is 23.3 Å². The Kier molecular flexibility index (Phi) is 4.37. The van der Waals surface area contributed by atoms with Gasteiger partial charge in [0.05, 0.1) is 0 Å². The molecule has 0 radical (unpaired) electrons. The molecule has 1 aliphatic heterocycles. The molecule has 98 valence electrons. The fourth-order valence-corrected chi connectivity index (χ4v) is 2.80. The van der Waals surface area contributed by atoms with Crippen molar-refractivity contribution in [1.82, 2.24) is 4.90 Å². The van der Waals surface area contributed by atoms with Crippen LogP contribution in [0.2, 0.25) is 0 Å². The monoisotopic (exact) mass is 245 g/mol. The summed E-state index contributed by atoms with van der Waals surface area (Å²) in [6, 6.07) is 8.80. The molecule has 3 nitrogen and oxygen atoms in total. The zero-order valence-electron chi connectivity index (χ0n) is 11.2. The van der Waals surface area contributed by atoms with Gasteiger partial charge in [0.25, 0.3) is 0 Å². The van der Waals surface area contributed by atoms with E-state index < -0.39 is 0 Å². The van der Waals surface area contributed by atoms with E-state index in [-0.39, 0.29) is 5.84 Å². The molecule has 18 heavy (non-hydrogen) atoms. The minimum Gasteiger partial charge on any atom is -0.384 e. The molecule has 1 saturated heterocycles. The van der Waals surface area contributed by atoms with Gasteiger partial charge >= 0.3 is 0 Å². The van der Waals surface area contributed by atoms with Gasteiger partial charge in [-0.15, -0.1) is 0 Å². The normalized spacial score (nSPS) is 20.8. The number of nitrogens with two attached hydrogens (primary N) is 1. The van der Waals surface area contributed by atoms with Crippen LogP contribution in [0.25, 0.3) is 0 Å². The highest BCUT2D eigenvalue weighted by Crippen LogP contribution is 2.21. The molecule has 0 spiro atoms. The van der Waals surface area contributed by atoms with Gasteiger partial charge in [0.2, 0.25) is 0 Å². The molecule has 2 rings (SSSR count). The third-order valence-electron chi connectivity index (χ3n) is 3.84. The number of piperidine rings is 1. The Balaban J connectivity index is 2.07. The van der Waals surface area contributed by atoms with Gasteiger partial charge in [-0.05, 0) is 37.4 Å². The number of rotatable bonds is 4. The van der Waals surface area contributed by atoms with Gasteiger partial charge in [0.15, 0.2) is 0 Å². The maximum absolute atomic E-state index is 7.49. The average Bonchev–Trinajstić information content (AvgIpc) is 2.39. The highest BCUT2D eigenvalue weighted by molar-refractivity contribution is 5.95. The summed E-state index contributed by atoms with van der Waals surface area (Å²) in [5, 5.41) is 7.49. The standard InChI is InChI=1S/C15H23N3/c1-2-14-8-3-4-9-18(14)11-12-6-5-7-13(10-12)15(16)17/h5-7,10,14H,2-4,8-9,11H2,1H3,(H3,16,17). The summed E-state index contributed by atoms with van der Waals surface area (Å²) in [6.45, 7) is 4.46. The van der Waals surface area contributed by atoms with E-state index in [9.17, 15) is 0 Å². The van der Waals surface area contributed by atoms with E-state index in [0.29, 0.717) is 0 Å². The Morgan fingerprint density at radius 2 is 2.28 bits per heavy atom. The van der Waals surface area contributed by atoms with Gasteiger partial charge in [-0.3, -0.25) is 10.3 Å². The van der Waals surface area contributed by atoms with E-state index in [0.717, 1.165) is 18.2 Å². The van der Waals surface area contributed by atoms with Crippen LogP contribution >= 0.6 is 0 Å². The van der Waals surface area contributed by atoms with Crippen molar-refractivity contribution >= 4 is 5.84 Å². The number of nitrogen functional groups attached to an aromatic ring is 1. The SMILES string of the molecule is CCC1CCCCN1Cc1cccc(C(=N)N)c1. The van der Waals surface area contributed by atoms with Crippen LogP contribution in [0.1, 0.15) is 43.7 Å². The van der Waals surface area contributed by atoms with Gasteiger partial charge in [-0.1, -0.05) is 31.5 Å². The third kappa shape index (κ3) is 3.10. The summed E-state index contributed by atoms with van der Waals surface area (Å²) in [7, 11) is 0. The Labute approximate surface area is 109 Å². The lowest BCUT2D eigenvalue weighted by Crippen LogP contribution is -2.38. The molecule has 1 aromatic rings. The highest BCUT2D eigenvalue weighted by atomic mass is 15.2. The summed E-state index contributed by atoms with van der Waals surface area (Å²) in [4.78, 5) is 2.57. The Morgan fingerprint density at radius 3 is 3.00 bits per heavy atom. The van der Waals surface area contributed by atoms with Crippen LogP contribution in [0.5, 0.6) is 0 Å². The van der Waals surface area contributed by atoms with Crippen LogP contribution in [0.3, 0.4) is 0 Å². The molecule has 1 atom stereocenters. The highest BCUT2D eigenvalue weighted by Gasteiger charge is 2.20. The zero-order valence-corrected chi connectivity index (χ0v) is 11.2. The summed E-state index contributed by atoms with van der Waals surface area (Å²) in [5.74, 6) is 0.155. The Hall–Kier alpha value is -1.35. The van der Waals surface area contributed by atoms with E-state index >= 15 is 0 Å². The first-order chi connectivity index (χ1) is 8.70. The molecule has 1 heterocycles. The second-order valence-corrected chi connectivity index (χ2v) is 5.14. The quantitative estimate of drug-likeness (QED) is 0.633. The van der Waals surface area contributed by atoms with Crippen molar-refractivity contribution in [2.75, 3.05) is 6.54 Å². The van der Waals surface area contributed by atoms with E-state index in [2.05, 4.69) is 17.9 Å². The molecule has 1 aromatic carbocycles. The topological polar surface area (TPSA) is 53.1 Å². The Morgan fingerprint density at radius 1 is 1.44 bits per heavy atom. The molecule has 0 bridgehead atoms. The van der Waals surface area contributed by atoms with Gasteiger partial charge in [-0.2, -0.15) is 0 Å². The van der Waals surface area contributed by atoms with Crippen LogP contribution < -0.4 is 5.73 Å². The predicted molar refractivity (Wildman–Crippen MR) is 75.8 cm³/mol. The van der Waals surface area contributed by atoms with Gasteiger partial charge in [0.1, 0.15) is 5.84 Å². The lowest BCUT2D eigenvalue weighted by atomic mass is 9.99. The molecule has 1 fully saturated rings. The van der Waals surface area contributed by atoms with Crippen molar-refractivity contribution < 1.29 is 0 Å². The van der Waals surface area contributed by atoms with Crippen LogP contribution in [0.15, 0.2) is 24.3 Å². The van der Waals surface area contributed by atoms with Crippen LogP contribution in [-0.2, 0) is 6.54 Å². The maximum Gasteiger partial charge on any atom is 0.122 e. The predicted octanol–water partition coefficient (Wildman–Crippen LogP) is 2.74. The van der Waals surface area contributed by atoms with Gasteiger partial charge < -0.3 is 5.73 Å². The van der Waals surface area contributed by atoms with Crippen LogP contribution in [0, 0.1) is 5.41 Å². The fraction of sp³-hybridized carbons (Fsp3) is 0.533. The summed E-state index contributed by atoms with van der Waals surface area (Å²) in [6.07, 6.45) is 5.22. The first-order valence-corrected chi connectivity index (χ1v) is 6.88. The van der Waals surface area contributed by atoms with Crippen molar-refractivity contribution in [3.05, 3.63) is 35.4 Å². The van der Waals surface area contributed by atoms with Crippen molar-refractivity contribution in [3.63, 3.8) is 0 Å². The van der Waals surface area contributed by atoms with Crippen molar-refractivity contribution in [2.45, 2.75) is 45.2 Å². The van der Waals surface area contributed by atoms with Crippen molar-refractivity contribution in [3.8, 4) is 0 Å². The minimum atomic E-state index is 0.155. The molecule has 3 heteroatoms. The molecule has 0 aliphatic carbocycles. The third-order valence-corrected chi connectivity index (χ3v) is 3.84. The molecular formula is C15H23N3. The summed E-state index contributed by atoms with van der Waals surface area (Å²) < 4.78 is 0. The molecule has 3 N–H and O–H groups in total. The fourth-order valence-electron chi connectivity index (χ4n) is 2.80. The largest absolute Gasteiger partial charge is 0.384 e. The number of hydrogen-bond donors (Lipinski definition) is 2. The van der Waals surface area contributed by atoms with Gasteiger partial charge in [-0.25, -0.2) is 0 Å². The number of amidine groups is 1.